The maximum atomic E-state index is 9.92. The minimum absolute atomic E-state index is 0.242. The Kier molecular flexibility index (Phi) is 3.44. The molecule has 0 aliphatic carbocycles. The molecule has 1 rings (SSSR count). The van der Waals surface area contributed by atoms with E-state index in [1.54, 1.807) is 13.0 Å². The summed E-state index contributed by atoms with van der Waals surface area (Å²) in [7, 11) is 0. The molecule has 1 aromatic carbocycles. The monoisotopic (exact) mass is 192 g/mol. The number of rotatable bonds is 4. The average molecular weight is 192 g/mol. The van der Waals surface area contributed by atoms with Crippen LogP contribution in [-0.4, -0.2) is 22.4 Å². The van der Waals surface area contributed by atoms with E-state index in [2.05, 4.69) is 6.58 Å². The molecule has 2 atom stereocenters. The van der Waals surface area contributed by atoms with Crippen LogP contribution in [0.3, 0.4) is 0 Å². The van der Waals surface area contributed by atoms with E-state index in [1.165, 1.54) is 0 Å². The summed E-state index contributed by atoms with van der Waals surface area (Å²) < 4.78 is 0. The van der Waals surface area contributed by atoms with Crippen LogP contribution >= 0.6 is 0 Å². The molecule has 0 bridgehead atoms. The second kappa shape index (κ2) is 4.40. The Hall–Kier alpha value is -1.12. The summed E-state index contributed by atoms with van der Waals surface area (Å²) in [5, 5.41) is 19.0. The highest BCUT2D eigenvalue weighted by atomic mass is 16.3. The topological polar surface area (TPSA) is 40.5 Å². The van der Waals surface area contributed by atoms with Crippen molar-refractivity contribution in [3.8, 4) is 0 Å². The van der Waals surface area contributed by atoms with Gasteiger partial charge in [0.15, 0.2) is 0 Å². The zero-order valence-electron chi connectivity index (χ0n) is 8.35. The number of hydrogen-bond acceptors (Lipinski definition) is 2. The quantitative estimate of drug-likeness (QED) is 0.713. The molecule has 14 heavy (non-hydrogen) atoms. The standard InChI is InChI=1S/C12H16O2/c1-3-11(12(2,14)9-13)10-7-5-4-6-8-10/h3-8,11,13-14H,1,9H2,2H3/t11-,12+/m1/s1. The van der Waals surface area contributed by atoms with Gasteiger partial charge in [-0.3, -0.25) is 0 Å². The third-order valence-electron chi connectivity index (χ3n) is 2.38. The van der Waals surface area contributed by atoms with Gasteiger partial charge in [0.25, 0.3) is 0 Å². The highest BCUT2D eigenvalue weighted by molar-refractivity contribution is 5.26. The molecule has 0 saturated heterocycles. The third-order valence-corrected chi connectivity index (χ3v) is 2.38. The van der Waals surface area contributed by atoms with Crippen LogP contribution in [0, 0.1) is 0 Å². The van der Waals surface area contributed by atoms with Crippen molar-refractivity contribution in [2.45, 2.75) is 18.4 Å². The van der Waals surface area contributed by atoms with Crippen LogP contribution in [0.2, 0.25) is 0 Å². The van der Waals surface area contributed by atoms with E-state index in [0.717, 1.165) is 5.56 Å². The van der Waals surface area contributed by atoms with Crippen molar-refractivity contribution in [2.24, 2.45) is 0 Å². The normalized spacial score (nSPS) is 17.1. The van der Waals surface area contributed by atoms with Crippen LogP contribution in [0.25, 0.3) is 0 Å². The molecule has 0 aliphatic heterocycles. The van der Waals surface area contributed by atoms with Gasteiger partial charge in [-0.05, 0) is 12.5 Å². The molecule has 2 nitrogen and oxygen atoms in total. The van der Waals surface area contributed by atoms with Gasteiger partial charge in [0.1, 0.15) is 0 Å². The van der Waals surface area contributed by atoms with E-state index in [9.17, 15) is 5.11 Å². The van der Waals surface area contributed by atoms with Crippen molar-refractivity contribution >= 4 is 0 Å². The summed E-state index contributed by atoms with van der Waals surface area (Å²) in [6.07, 6.45) is 1.66. The number of aliphatic hydroxyl groups is 2. The van der Waals surface area contributed by atoms with Crippen LogP contribution in [0.5, 0.6) is 0 Å². The van der Waals surface area contributed by atoms with Crippen LogP contribution in [0.1, 0.15) is 18.4 Å². The Morgan fingerprint density at radius 3 is 2.43 bits per heavy atom. The Balaban J connectivity index is 2.99. The Bertz CT molecular complexity index is 290. The highest BCUT2D eigenvalue weighted by Gasteiger charge is 2.29. The van der Waals surface area contributed by atoms with Crippen molar-refractivity contribution in [1.82, 2.24) is 0 Å². The van der Waals surface area contributed by atoms with Gasteiger partial charge < -0.3 is 10.2 Å². The largest absolute Gasteiger partial charge is 0.393 e. The molecule has 0 amide bonds. The predicted octanol–water partition coefficient (Wildman–Crippen LogP) is 1.70. The summed E-state index contributed by atoms with van der Waals surface area (Å²) in [4.78, 5) is 0. The minimum atomic E-state index is -1.15. The van der Waals surface area contributed by atoms with E-state index in [1.807, 2.05) is 30.3 Å². The van der Waals surface area contributed by atoms with Crippen LogP contribution < -0.4 is 0 Å². The molecule has 76 valence electrons. The van der Waals surface area contributed by atoms with Crippen LogP contribution in [0.4, 0.5) is 0 Å². The van der Waals surface area contributed by atoms with Crippen molar-refractivity contribution in [3.05, 3.63) is 48.6 Å². The van der Waals surface area contributed by atoms with Crippen LogP contribution in [0.15, 0.2) is 43.0 Å². The van der Waals surface area contributed by atoms with Gasteiger partial charge in [0.05, 0.1) is 12.2 Å². The second-order valence-electron chi connectivity index (χ2n) is 3.64. The number of benzene rings is 1. The van der Waals surface area contributed by atoms with Crippen LogP contribution in [-0.2, 0) is 0 Å². The maximum absolute atomic E-state index is 9.92. The van der Waals surface area contributed by atoms with Gasteiger partial charge in [0.2, 0.25) is 0 Å². The van der Waals surface area contributed by atoms with Crippen molar-refractivity contribution < 1.29 is 10.2 Å². The van der Waals surface area contributed by atoms with E-state index in [4.69, 9.17) is 5.11 Å². The van der Waals surface area contributed by atoms with Gasteiger partial charge in [-0.15, -0.1) is 6.58 Å². The first-order valence-electron chi connectivity index (χ1n) is 4.62. The summed E-state index contributed by atoms with van der Waals surface area (Å²) >= 11 is 0. The minimum Gasteiger partial charge on any atom is -0.393 e. The molecule has 2 N–H and O–H groups in total. The van der Waals surface area contributed by atoms with Gasteiger partial charge >= 0.3 is 0 Å². The van der Waals surface area contributed by atoms with E-state index < -0.39 is 5.60 Å². The fraction of sp³-hybridized carbons (Fsp3) is 0.333. The van der Waals surface area contributed by atoms with Gasteiger partial charge in [-0.25, -0.2) is 0 Å². The molecule has 0 radical (unpaired) electrons. The molecule has 0 unspecified atom stereocenters. The van der Waals surface area contributed by atoms with Gasteiger partial charge in [-0.2, -0.15) is 0 Å². The summed E-state index contributed by atoms with van der Waals surface area (Å²) in [5.41, 5.74) is -0.190. The lowest BCUT2D eigenvalue weighted by molar-refractivity contribution is -0.00978. The van der Waals surface area contributed by atoms with Gasteiger partial charge in [0, 0.05) is 5.92 Å². The molecule has 0 fully saturated rings. The molecular formula is C12H16O2. The molecule has 0 aliphatic rings. The lowest BCUT2D eigenvalue weighted by atomic mass is 9.84. The smallest absolute Gasteiger partial charge is 0.0951 e. The lowest BCUT2D eigenvalue weighted by Crippen LogP contribution is -2.35. The van der Waals surface area contributed by atoms with E-state index >= 15 is 0 Å². The first kappa shape index (κ1) is 11.0. The summed E-state index contributed by atoms with van der Waals surface area (Å²) in [6.45, 7) is 5.00. The number of hydrogen-bond donors (Lipinski definition) is 2. The zero-order chi connectivity index (χ0) is 10.6. The first-order valence-corrected chi connectivity index (χ1v) is 4.62. The Morgan fingerprint density at radius 1 is 1.43 bits per heavy atom. The average Bonchev–Trinajstić information content (AvgIpc) is 2.20. The molecule has 0 aromatic heterocycles. The van der Waals surface area contributed by atoms with Crippen molar-refractivity contribution in [3.63, 3.8) is 0 Å². The second-order valence-corrected chi connectivity index (χ2v) is 3.64. The fourth-order valence-electron chi connectivity index (χ4n) is 1.51. The lowest BCUT2D eigenvalue weighted by Gasteiger charge is -2.29. The predicted molar refractivity (Wildman–Crippen MR) is 57.1 cm³/mol. The highest BCUT2D eigenvalue weighted by Crippen LogP contribution is 2.28. The fourth-order valence-corrected chi connectivity index (χ4v) is 1.51. The van der Waals surface area contributed by atoms with E-state index in [0.29, 0.717) is 0 Å². The number of aliphatic hydroxyl groups excluding tert-OH is 1. The SMILES string of the molecule is C=C[C@H](c1ccccc1)[C@@](C)(O)CO. The van der Waals surface area contributed by atoms with Gasteiger partial charge in [-0.1, -0.05) is 36.4 Å². The zero-order valence-corrected chi connectivity index (χ0v) is 8.35. The Morgan fingerprint density at radius 2 is 2.00 bits per heavy atom. The first-order chi connectivity index (χ1) is 6.61. The molecular weight excluding hydrogens is 176 g/mol. The molecule has 0 spiro atoms. The maximum Gasteiger partial charge on any atom is 0.0951 e. The van der Waals surface area contributed by atoms with Crippen molar-refractivity contribution in [1.29, 1.82) is 0 Å². The third kappa shape index (κ3) is 2.22. The molecule has 0 saturated carbocycles. The molecule has 1 aromatic rings. The molecule has 2 heteroatoms. The van der Waals surface area contributed by atoms with E-state index in [-0.39, 0.29) is 12.5 Å². The summed E-state index contributed by atoms with van der Waals surface area (Å²) in [5.74, 6) is -0.242. The van der Waals surface area contributed by atoms with Crippen molar-refractivity contribution in [2.75, 3.05) is 6.61 Å². The molecule has 0 heterocycles. The Labute approximate surface area is 84.5 Å². The summed E-state index contributed by atoms with van der Waals surface area (Å²) in [6, 6.07) is 9.54.